The number of allylic oxidation sites excluding steroid dienone is 5. The van der Waals surface area contributed by atoms with E-state index in [1.54, 1.807) is 0 Å². The first-order valence-electron chi connectivity index (χ1n) is 15.2. The zero-order valence-corrected chi connectivity index (χ0v) is 27.7. The van der Waals surface area contributed by atoms with E-state index in [9.17, 15) is 4.79 Å². The molecule has 3 atom stereocenters. The summed E-state index contributed by atoms with van der Waals surface area (Å²) in [5, 5.41) is 0. The molecule has 220 valence electrons. The number of thiol groups is 1. The SMILES string of the molecule is CCC1N=C(OC2CN(C(=O)C3=CC(S)=CCC3)CCN(C3CCCCC3)C2)C=C(C2=C(C)C=C[I-]C2C)N1C. The van der Waals surface area contributed by atoms with Crippen LogP contribution in [0.1, 0.15) is 72.1 Å². The number of alkyl halides is 1. The Morgan fingerprint density at radius 2 is 1.98 bits per heavy atom. The fourth-order valence-corrected chi connectivity index (χ4v) is 9.55. The minimum atomic E-state index is -0.119. The van der Waals surface area contributed by atoms with E-state index < -0.39 is 0 Å². The molecule has 0 aromatic heterocycles. The zero-order chi connectivity index (χ0) is 28.2. The van der Waals surface area contributed by atoms with Gasteiger partial charge in [-0.1, -0.05) is 12.5 Å². The third-order valence-electron chi connectivity index (χ3n) is 8.95. The van der Waals surface area contributed by atoms with Gasteiger partial charge >= 0.3 is 222 Å². The summed E-state index contributed by atoms with van der Waals surface area (Å²) in [6, 6.07) is 0.580. The summed E-state index contributed by atoms with van der Waals surface area (Å²) in [5.41, 5.74) is 4.90. The van der Waals surface area contributed by atoms with Gasteiger partial charge in [-0.3, -0.25) is 0 Å². The molecule has 1 saturated carbocycles. The first-order valence-corrected chi connectivity index (χ1v) is 18.1. The van der Waals surface area contributed by atoms with Gasteiger partial charge in [-0.05, 0) is 6.42 Å². The van der Waals surface area contributed by atoms with E-state index in [1.807, 2.05) is 11.0 Å². The Labute approximate surface area is 257 Å². The number of carbonyl (C=O) groups is 1. The quantitative estimate of drug-likeness (QED) is 0.277. The van der Waals surface area contributed by atoms with Crippen molar-refractivity contribution in [2.24, 2.45) is 4.99 Å². The monoisotopic (exact) mass is 677 g/mol. The number of hydrogen-bond acceptors (Lipinski definition) is 6. The number of amides is 1. The fraction of sp³-hybridized carbons (Fsp3) is 0.625. The molecule has 0 bridgehead atoms. The number of ether oxygens (including phenoxy) is 1. The average molecular weight is 678 g/mol. The van der Waals surface area contributed by atoms with Crippen molar-refractivity contribution in [1.29, 1.82) is 0 Å². The molecule has 2 aliphatic carbocycles. The van der Waals surface area contributed by atoms with Crippen molar-refractivity contribution in [3.8, 4) is 0 Å². The van der Waals surface area contributed by atoms with Crippen LogP contribution in [0.4, 0.5) is 0 Å². The molecule has 0 aromatic carbocycles. The third-order valence-corrected chi connectivity index (χ3v) is 11.7. The third kappa shape index (κ3) is 6.92. The van der Waals surface area contributed by atoms with Crippen LogP contribution in [-0.2, 0) is 9.53 Å². The van der Waals surface area contributed by atoms with E-state index in [0.29, 0.717) is 16.5 Å². The fourth-order valence-electron chi connectivity index (χ4n) is 6.72. The second kappa shape index (κ2) is 13.6. The summed E-state index contributed by atoms with van der Waals surface area (Å²) in [7, 11) is 2.17. The molecule has 3 aliphatic heterocycles. The van der Waals surface area contributed by atoms with E-state index in [4.69, 9.17) is 9.73 Å². The van der Waals surface area contributed by atoms with Crippen molar-refractivity contribution in [3.05, 3.63) is 55.7 Å². The molecule has 8 heteroatoms. The van der Waals surface area contributed by atoms with Crippen molar-refractivity contribution < 1.29 is 30.7 Å². The molecule has 5 rings (SSSR count). The number of hydrogen-bond donors (Lipinski definition) is 1. The van der Waals surface area contributed by atoms with Crippen LogP contribution in [0.15, 0.2) is 60.7 Å². The summed E-state index contributed by atoms with van der Waals surface area (Å²) in [6.45, 7) is 9.86. The molecule has 3 heterocycles. The number of carbonyl (C=O) groups excluding carboxylic acids is 1. The van der Waals surface area contributed by atoms with Crippen LogP contribution < -0.4 is 21.2 Å². The van der Waals surface area contributed by atoms with Gasteiger partial charge in [-0.15, -0.1) is 12.6 Å². The normalized spacial score (nSPS) is 29.2. The predicted molar refractivity (Wildman–Crippen MR) is 163 cm³/mol. The summed E-state index contributed by atoms with van der Waals surface area (Å²) < 4.78 is 9.78. The van der Waals surface area contributed by atoms with Crippen molar-refractivity contribution in [3.63, 3.8) is 0 Å². The van der Waals surface area contributed by atoms with E-state index >= 15 is 0 Å². The van der Waals surface area contributed by atoms with E-state index in [1.165, 1.54) is 48.9 Å². The minimum absolute atomic E-state index is 0.00667. The number of aliphatic imine (C=N–C) groups is 1. The molecular formula is C32H46IN4O2S-. The summed E-state index contributed by atoms with van der Waals surface area (Å²) in [4.78, 5) is 26.7. The molecule has 0 aromatic rings. The number of halogens is 1. The van der Waals surface area contributed by atoms with Crippen molar-refractivity contribution in [1.82, 2.24) is 14.7 Å². The number of likely N-dealkylation sites (N-methyl/N-ethyl adjacent to an activating group) is 1. The van der Waals surface area contributed by atoms with Crippen molar-refractivity contribution in [2.75, 3.05) is 33.2 Å². The summed E-state index contributed by atoms with van der Waals surface area (Å²) >= 11 is 4.52. The Bertz CT molecular complexity index is 1150. The van der Waals surface area contributed by atoms with E-state index in [-0.39, 0.29) is 39.4 Å². The van der Waals surface area contributed by atoms with Gasteiger partial charge in [-0.25, -0.2) is 0 Å². The van der Waals surface area contributed by atoms with Gasteiger partial charge in [0.25, 0.3) is 0 Å². The molecule has 6 nitrogen and oxygen atoms in total. The van der Waals surface area contributed by atoms with Crippen LogP contribution in [0, 0.1) is 0 Å². The zero-order valence-electron chi connectivity index (χ0n) is 24.6. The van der Waals surface area contributed by atoms with E-state index in [0.717, 1.165) is 55.3 Å². The Hall–Kier alpha value is -1.52. The number of rotatable bonds is 5. The first kappa shape index (κ1) is 30.0. The maximum atomic E-state index is 13.7. The second-order valence-electron chi connectivity index (χ2n) is 11.7. The van der Waals surface area contributed by atoms with Gasteiger partial charge in [0.2, 0.25) is 0 Å². The maximum absolute atomic E-state index is 13.7. The van der Waals surface area contributed by atoms with Crippen molar-refractivity contribution >= 4 is 24.4 Å². The summed E-state index contributed by atoms with van der Waals surface area (Å²) in [5.74, 6) is 0.861. The first-order chi connectivity index (χ1) is 19.3. The molecule has 0 radical (unpaired) electrons. The molecule has 1 amide bonds. The number of nitrogens with zero attached hydrogens (tertiary/aromatic N) is 4. The Morgan fingerprint density at radius 1 is 1.18 bits per heavy atom. The van der Waals surface area contributed by atoms with Gasteiger partial charge in [0, 0.05) is 4.91 Å². The van der Waals surface area contributed by atoms with Gasteiger partial charge in [0.1, 0.15) is 0 Å². The van der Waals surface area contributed by atoms with Crippen LogP contribution in [0.2, 0.25) is 0 Å². The Balaban J connectivity index is 1.41. The van der Waals surface area contributed by atoms with Crippen LogP contribution in [-0.4, -0.2) is 82.0 Å². The Kier molecular flexibility index (Phi) is 10.2. The van der Waals surface area contributed by atoms with Gasteiger partial charge in [-0.2, -0.15) is 0 Å². The molecule has 0 N–H and O–H groups in total. The predicted octanol–water partition coefficient (Wildman–Crippen LogP) is 2.67. The second-order valence-corrected chi connectivity index (χ2v) is 15.6. The van der Waals surface area contributed by atoms with Crippen molar-refractivity contribution in [2.45, 2.75) is 94.4 Å². The van der Waals surface area contributed by atoms with Crippen LogP contribution >= 0.6 is 12.6 Å². The average Bonchev–Trinajstić information content (AvgIpc) is 3.17. The molecular weight excluding hydrogens is 631 g/mol. The molecule has 0 spiro atoms. The molecule has 40 heavy (non-hydrogen) atoms. The molecule has 5 aliphatic rings. The standard InChI is InChI=1S/C32H46IN4O2S/c1-5-29-34-30(19-28(35(29)4)31-22(2)14-15-33-23(31)3)39-26-20-36(25-11-7-6-8-12-25)16-17-37(21-26)32(38)24-10-9-13-27(40)18-24/h13-15,18-19,23,25-26,29,40H,5-12,16-17,20-21H2,1-4H3/q-1. The van der Waals surface area contributed by atoms with Crippen LogP contribution in [0.5, 0.6) is 0 Å². The molecule has 3 unspecified atom stereocenters. The summed E-state index contributed by atoms with van der Waals surface area (Å²) in [6.07, 6.45) is 17.5. The topological polar surface area (TPSA) is 48.4 Å². The Morgan fingerprint density at radius 3 is 2.70 bits per heavy atom. The van der Waals surface area contributed by atoms with Gasteiger partial charge in [0.05, 0.1) is 0 Å². The molecule has 1 saturated heterocycles. The van der Waals surface area contributed by atoms with Crippen LogP contribution in [0.25, 0.3) is 0 Å². The molecule has 2 fully saturated rings. The van der Waals surface area contributed by atoms with Gasteiger partial charge < -0.3 is 0 Å². The van der Waals surface area contributed by atoms with E-state index in [2.05, 4.69) is 72.6 Å². The van der Waals surface area contributed by atoms with Gasteiger partial charge in [0.15, 0.2) is 0 Å². The van der Waals surface area contributed by atoms with Crippen LogP contribution in [0.3, 0.4) is 0 Å².